The Kier molecular flexibility index (Phi) is 3.91. The number of rotatable bonds is 2. The number of nitrogens with zero attached hydrogens (tertiary/aromatic N) is 1. The zero-order chi connectivity index (χ0) is 12.3. The van der Waals surface area contributed by atoms with Crippen molar-refractivity contribution in [3.63, 3.8) is 0 Å². The highest BCUT2D eigenvalue weighted by atomic mass is 35.5. The van der Waals surface area contributed by atoms with Crippen molar-refractivity contribution in [2.75, 3.05) is 0 Å². The third-order valence-electron chi connectivity index (χ3n) is 3.23. The predicted octanol–water partition coefficient (Wildman–Crippen LogP) is 4.11. The van der Waals surface area contributed by atoms with E-state index in [0.717, 1.165) is 31.2 Å². The molecular formula is C14H16ClNO. The molecule has 17 heavy (non-hydrogen) atoms. The van der Waals surface area contributed by atoms with Crippen molar-refractivity contribution in [2.24, 2.45) is 5.92 Å². The van der Waals surface area contributed by atoms with Crippen molar-refractivity contribution in [1.82, 2.24) is 0 Å². The highest BCUT2D eigenvalue weighted by Crippen LogP contribution is 2.32. The first kappa shape index (κ1) is 12.3. The molecule has 0 spiro atoms. The van der Waals surface area contributed by atoms with E-state index in [1.807, 2.05) is 25.1 Å². The highest BCUT2D eigenvalue weighted by Gasteiger charge is 2.27. The molecule has 0 aliphatic heterocycles. The van der Waals surface area contributed by atoms with Crippen molar-refractivity contribution < 1.29 is 4.74 Å². The Labute approximate surface area is 107 Å². The molecule has 1 aromatic rings. The molecule has 0 bridgehead atoms. The molecule has 3 heteroatoms. The minimum atomic E-state index is -0.00644. The van der Waals surface area contributed by atoms with Gasteiger partial charge in [-0.2, -0.15) is 5.26 Å². The van der Waals surface area contributed by atoms with Gasteiger partial charge in [0.25, 0.3) is 0 Å². The lowest BCUT2D eigenvalue weighted by molar-refractivity contribution is 0.120. The summed E-state index contributed by atoms with van der Waals surface area (Å²) in [6.45, 7) is 2.01. The highest BCUT2D eigenvalue weighted by molar-refractivity contribution is 6.32. The van der Waals surface area contributed by atoms with E-state index >= 15 is 0 Å². The van der Waals surface area contributed by atoms with Crippen molar-refractivity contribution in [3.05, 3.63) is 28.8 Å². The summed E-state index contributed by atoms with van der Waals surface area (Å²) in [6.07, 6.45) is 4.13. The van der Waals surface area contributed by atoms with Crippen LogP contribution in [-0.4, -0.2) is 6.10 Å². The molecule has 1 aliphatic carbocycles. The molecule has 1 fully saturated rings. The molecule has 2 nitrogen and oxygen atoms in total. The summed E-state index contributed by atoms with van der Waals surface area (Å²) in [5, 5.41) is 9.72. The zero-order valence-corrected chi connectivity index (χ0v) is 10.7. The van der Waals surface area contributed by atoms with Crippen molar-refractivity contribution in [3.8, 4) is 11.8 Å². The molecule has 0 saturated heterocycles. The van der Waals surface area contributed by atoms with Crippen LogP contribution < -0.4 is 4.74 Å². The summed E-state index contributed by atoms with van der Waals surface area (Å²) < 4.78 is 5.92. The predicted molar refractivity (Wildman–Crippen MR) is 68.2 cm³/mol. The maximum absolute atomic E-state index is 9.10. The van der Waals surface area contributed by atoms with E-state index in [1.165, 1.54) is 0 Å². The van der Waals surface area contributed by atoms with E-state index < -0.39 is 0 Å². The summed E-state index contributed by atoms with van der Waals surface area (Å²) in [6, 6.07) is 8.08. The van der Waals surface area contributed by atoms with Crippen LogP contribution in [-0.2, 0) is 0 Å². The van der Waals surface area contributed by atoms with Gasteiger partial charge in [-0.1, -0.05) is 24.1 Å². The third-order valence-corrected chi connectivity index (χ3v) is 3.55. The summed E-state index contributed by atoms with van der Waals surface area (Å²) >= 11 is 6.10. The molecule has 0 radical (unpaired) electrons. The Morgan fingerprint density at radius 3 is 2.88 bits per heavy atom. The molecular weight excluding hydrogens is 234 g/mol. The molecule has 0 aromatic heterocycles. The Hall–Kier alpha value is -1.20. The first-order chi connectivity index (χ1) is 8.20. The maximum Gasteiger partial charge on any atom is 0.138 e. The van der Waals surface area contributed by atoms with E-state index in [-0.39, 0.29) is 12.0 Å². The van der Waals surface area contributed by atoms with Crippen molar-refractivity contribution >= 4 is 11.6 Å². The van der Waals surface area contributed by atoms with Gasteiger partial charge in [-0.15, -0.1) is 0 Å². The normalized spacial score (nSPS) is 24.1. The maximum atomic E-state index is 9.10. The van der Waals surface area contributed by atoms with Gasteiger partial charge in [0.1, 0.15) is 11.9 Å². The van der Waals surface area contributed by atoms with E-state index in [9.17, 15) is 0 Å². The van der Waals surface area contributed by atoms with Crippen LogP contribution in [0, 0.1) is 24.2 Å². The topological polar surface area (TPSA) is 33.0 Å². The van der Waals surface area contributed by atoms with Crippen LogP contribution in [0.15, 0.2) is 18.2 Å². The van der Waals surface area contributed by atoms with Crippen LogP contribution in [0.2, 0.25) is 5.02 Å². The summed E-state index contributed by atoms with van der Waals surface area (Å²) in [5.41, 5.74) is 1.12. The van der Waals surface area contributed by atoms with E-state index in [1.54, 1.807) is 0 Å². The Morgan fingerprint density at radius 2 is 2.12 bits per heavy atom. The lowest BCUT2D eigenvalue weighted by Crippen LogP contribution is -2.29. The number of ether oxygens (including phenoxy) is 1. The van der Waals surface area contributed by atoms with Crippen LogP contribution in [0.5, 0.6) is 5.75 Å². The van der Waals surface area contributed by atoms with Crippen LogP contribution in [0.1, 0.15) is 31.2 Å². The Balaban J connectivity index is 2.14. The minimum Gasteiger partial charge on any atom is -0.487 e. The third kappa shape index (κ3) is 2.92. The quantitative estimate of drug-likeness (QED) is 0.790. The lowest BCUT2D eigenvalue weighted by Gasteiger charge is -2.27. The van der Waals surface area contributed by atoms with Gasteiger partial charge in [0.15, 0.2) is 0 Å². The van der Waals surface area contributed by atoms with Crippen molar-refractivity contribution in [1.29, 1.82) is 5.26 Å². The van der Waals surface area contributed by atoms with Gasteiger partial charge in [0.2, 0.25) is 0 Å². The second-order valence-corrected chi connectivity index (χ2v) is 5.02. The number of hydrogen-bond acceptors (Lipinski definition) is 2. The minimum absolute atomic E-state index is 0.000305. The van der Waals surface area contributed by atoms with E-state index in [4.69, 9.17) is 21.6 Å². The SMILES string of the molecule is Cc1ccc(Cl)c(OC2CCCCC2C#N)c1. The molecule has 2 rings (SSSR count). The lowest BCUT2D eigenvalue weighted by atomic mass is 9.87. The fraction of sp³-hybridized carbons (Fsp3) is 0.500. The van der Waals surface area contributed by atoms with Gasteiger partial charge < -0.3 is 4.74 Å². The Morgan fingerprint density at radius 1 is 1.35 bits per heavy atom. The first-order valence-corrected chi connectivity index (χ1v) is 6.41. The summed E-state index contributed by atoms with van der Waals surface area (Å²) in [5.74, 6) is 0.708. The molecule has 90 valence electrons. The second-order valence-electron chi connectivity index (χ2n) is 4.61. The first-order valence-electron chi connectivity index (χ1n) is 6.03. The van der Waals surface area contributed by atoms with Gasteiger partial charge in [0.05, 0.1) is 17.0 Å². The van der Waals surface area contributed by atoms with E-state index in [2.05, 4.69) is 6.07 Å². The van der Waals surface area contributed by atoms with Crippen LogP contribution in [0.3, 0.4) is 0 Å². The summed E-state index contributed by atoms with van der Waals surface area (Å²) in [4.78, 5) is 0. The average molecular weight is 250 g/mol. The summed E-state index contributed by atoms with van der Waals surface area (Å²) in [7, 11) is 0. The number of halogens is 1. The van der Waals surface area contributed by atoms with Gasteiger partial charge in [-0.25, -0.2) is 0 Å². The average Bonchev–Trinajstić information content (AvgIpc) is 2.34. The second kappa shape index (κ2) is 5.42. The van der Waals surface area contributed by atoms with Gasteiger partial charge >= 0.3 is 0 Å². The molecule has 0 N–H and O–H groups in total. The van der Waals surface area contributed by atoms with E-state index in [0.29, 0.717) is 10.8 Å². The Bertz CT molecular complexity index is 438. The molecule has 2 unspecified atom stereocenters. The monoisotopic (exact) mass is 249 g/mol. The number of benzene rings is 1. The molecule has 2 atom stereocenters. The van der Waals surface area contributed by atoms with Crippen LogP contribution >= 0.6 is 11.6 Å². The largest absolute Gasteiger partial charge is 0.487 e. The number of aryl methyl sites for hydroxylation is 1. The number of hydrogen-bond donors (Lipinski definition) is 0. The molecule has 0 heterocycles. The fourth-order valence-electron chi connectivity index (χ4n) is 2.25. The molecule has 1 aromatic carbocycles. The molecule has 0 amide bonds. The van der Waals surface area contributed by atoms with Gasteiger partial charge in [-0.3, -0.25) is 0 Å². The smallest absolute Gasteiger partial charge is 0.138 e. The van der Waals surface area contributed by atoms with Gasteiger partial charge in [0, 0.05) is 0 Å². The van der Waals surface area contributed by atoms with Crippen LogP contribution in [0.4, 0.5) is 0 Å². The molecule has 1 aliphatic rings. The van der Waals surface area contributed by atoms with Crippen LogP contribution in [0.25, 0.3) is 0 Å². The fourth-order valence-corrected chi connectivity index (χ4v) is 2.41. The van der Waals surface area contributed by atoms with Crippen molar-refractivity contribution in [2.45, 2.75) is 38.7 Å². The number of nitriles is 1. The van der Waals surface area contributed by atoms with Gasteiger partial charge in [-0.05, 0) is 43.9 Å². The zero-order valence-electron chi connectivity index (χ0n) is 9.95. The molecule has 1 saturated carbocycles. The standard InChI is InChI=1S/C14H16ClNO/c1-10-6-7-12(15)14(8-10)17-13-5-3-2-4-11(13)9-16/h6-8,11,13H,2-5H2,1H3.